The number of halogens is 2. The Morgan fingerprint density at radius 3 is 2.27 bits per heavy atom. The van der Waals surface area contributed by atoms with Crippen LogP contribution in [-0.2, 0) is 4.79 Å². The number of hydrogen-bond donors (Lipinski definition) is 2. The Kier molecular flexibility index (Phi) is 7.62. The zero-order chi connectivity index (χ0) is 21.5. The highest BCUT2D eigenvalue weighted by Gasteiger charge is 2.24. The molecule has 0 bridgehead atoms. The van der Waals surface area contributed by atoms with Gasteiger partial charge in [-0.2, -0.15) is 0 Å². The van der Waals surface area contributed by atoms with E-state index in [4.69, 9.17) is 29.6 Å². The molecule has 0 unspecified atom stereocenters. The van der Waals surface area contributed by atoms with Gasteiger partial charge in [-0.25, -0.2) is 4.79 Å². The fraction of sp³-hybridized carbons (Fsp3) is 0.304. The van der Waals surface area contributed by atoms with Gasteiger partial charge in [-0.3, -0.25) is 4.79 Å². The zero-order valence-electron chi connectivity index (χ0n) is 16.5. The summed E-state index contributed by atoms with van der Waals surface area (Å²) in [5, 5.41) is 6.49. The summed E-state index contributed by atoms with van der Waals surface area (Å²) < 4.78 is 0. The van der Waals surface area contributed by atoms with E-state index < -0.39 is 0 Å². The van der Waals surface area contributed by atoms with Gasteiger partial charge in [0.2, 0.25) is 5.91 Å². The van der Waals surface area contributed by atoms with Gasteiger partial charge in [-0.1, -0.05) is 41.4 Å². The third kappa shape index (κ3) is 5.69. The molecule has 2 aromatic rings. The number of likely N-dealkylation sites (tertiary alicyclic amines) is 1. The average Bonchev–Trinajstić information content (AvgIpc) is 2.75. The van der Waals surface area contributed by atoms with Crippen molar-refractivity contribution < 1.29 is 9.59 Å². The highest BCUT2D eigenvalue weighted by atomic mass is 35.5. The number of nitrogens with zero attached hydrogens (tertiary/aromatic N) is 1. The molecular weight excluding hydrogens is 421 g/mol. The molecule has 0 atom stereocenters. The van der Waals surface area contributed by atoms with Gasteiger partial charge in [0.05, 0.1) is 15.7 Å². The normalized spacial score (nSPS) is 14.1. The number of terminal acetylenes is 1. The van der Waals surface area contributed by atoms with Crippen LogP contribution in [0.1, 0.15) is 37.2 Å². The van der Waals surface area contributed by atoms with Crippen LogP contribution in [0, 0.1) is 12.3 Å². The molecule has 2 aromatic carbocycles. The van der Waals surface area contributed by atoms with Crippen LogP contribution in [0.25, 0.3) is 0 Å². The number of rotatable bonds is 5. The fourth-order valence-corrected chi connectivity index (χ4v) is 3.96. The van der Waals surface area contributed by atoms with E-state index in [-0.39, 0.29) is 11.9 Å². The summed E-state index contributed by atoms with van der Waals surface area (Å²) in [5.74, 6) is 2.74. The first-order valence-corrected chi connectivity index (χ1v) is 10.6. The quantitative estimate of drug-likeness (QED) is 0.577. The molecule has 0 spiro atoms. The first kappa shape index (κ1) is 22.0. The minimum absolute atomic E-state index is 0.0846. The van der Waals surface area contributed by atoms with E-state index in [9.17, 15) is 9.59 Å². The smallest absolute Gasteiger partial charge is 0.321 e. The number of amides is 3. The molecule has 1 aliphatic rings. The molecule has 1 saturated heterocycles. The first-order valence-electron chi connectivity index (χ1n) is 9.81. The van der Waals surface area contributed by atoms with E-state index in [1.54, 1.807) is 23.1 Å². The summed E-state index contributed by atoms with van der Waals surface area (Å²) in [7, 11) is 0. The Morgan fingerprint density at radius 1 is 1.03 bits per heavy atom. The number of piperidine rings is 1. The number of nitrogens with one attached hydrogen (secondary N) is 2. The molecular formula is C23H23Cl2N3O2. The van der Waals surface area contributed by atoms with Gasteiger partial charge < -0.3 is 15.5 Å². The minimum atomic E-state index is -0.200. The lowest BCUT2D eigenvalue weighted by molar-refractivity contribution is -0.116. The molecule has 1 fully saturated rings. The molecule has 0 aliphatic carbocycles. The Morgan fingerprint density at radius 2 is 1.67 bits per heavy atom. The molecule has 156 valence electrons. The van der Waals surface area contributed by atoms with E-state index in [2.05, 4.69) is 16.6 Å². The second-order valence-electron chi connectivity index (χ2n) is 7.16. The predicted octanol–water partition coefficient (Wildman–Crippen LogP) is 5.76. The number of urea groups is 1. The van der Waals surface area contributed by atoms with E-state index >= 15 is 0 Å². The summed E-state index contributed by atoms with van der Waals surface area (Å²) in [5.41, 5.74) is 2.40. The fourth-order valence-electron chi connectivity index (χ4n) is 3.47. The van der Waals surface area contributed by atoms with Crippen LogP contribution in [0.3, 0.4) is 0 Å². The molecule has 0 saturated carbocycles. The second-order valence-corrected chi connectivity index (χ2v) is 7.98. The maximum Gasteiger partial charge on any atom is 0.321 e. The molecule has 0 aromatic heterocycles. The molecule has 3 rings (SSSR count). The third-order valence-electron chi connectivity index (χ3n) is 5.14. The van der Waals surface area contributed by atoms with Crippen molar-refractivity contribution in [3.8, 4) is 12.3 Å². The summed E-state index contributed by atoms with van der Waals surface area (Å²) in [4.78, 5) is 26.1. The van der Waals surface area contributed by atoms with Crippen molar-refractivity contribution in [2.24, 2.45) is 0 Å². The number of hydrogen-bond acceptors (Lipinski definition) is 2. The third-order valence-corrected chi connectivity index (χ3v) is 5.77. The molecule has 2 N–H and O–H groups in total. The van der Waals surface area contributed by atoms with Gasteiger partial charge in [0, 0.05) is 31.6 Å². The highest BCUT2D eigenvalue weighted by molar-refractivity contribution is 6.39. The van der Waals surface area contributed by atoms with Gasteiger partial charge in [0.1, 0.15) is 0 Å². The summed E-state index contributed by atoms with van der Waals surface area (Å²) in [6.07, 6.45) is 7.65. The minimum Gasteiger partial charge on any atom is -0.326 e. The lowest BCUT2D eigenvalue weighted by atomic mass is 9.89. The SMILES string of the molecule is C#CCCC(=O)Nc1ccc(C2CCN(C(=O)Nc3c(Cl)cccc3Cl)CC2)cc1. The van der Waals surface area contributed by atoms with Crippen LogP contribution < -0.4 is 10.6 Å². The number of para-hydroxylation sites is 1. The second kappa shape index (κ2) is 10.4. The van der Waals surface area contributed by atoms with Gasteiger partial charge in [-0.15, -0.1) is 12.3 Å². The van der Waals surface area contributed by atoms with Crippen LogP contribution in [0.2, 0.25) is 10.0 Å². The average molecular weight is 444 g/mol. The molecule has 0 radical (unpaired) electrons. The van der Waals surface area contributed by atoms with Crippen molar-refractivity contribution in [2.45, 2.75) is 31.6 Å². The predicted molar refractivity (Wildman–Crippen MR) is 122 cm³/mol. The number of benzene rings is 2. The van der Waals surface area contributed by atoms with E-state index in [0.717, 1.165) is 18.5 Å². The Hall–Kier alpha value is -2.68. The van der Waals surface area contributed by atoms with Crippen LogP contribution >= 0.6 is 23.2 Å². The molecule has 1 aliphatic heterocycles. The lowest BCUT2D eigenvalue weighted by Crippen LogP contribution is -2.40. The summed E-state index contributed by atoms with van der Waals surface area (Å²) in [6, 6.07) is 12.8. The van der Waals surface area contributed by atoms with Crippen LogP contribution in [-0.4, -0.2) is 29.9 Å². The maximum atomic E-state index is 12.6. The standard InChI is InChI=1S/C23H23Cl2N3O2/c1-2-3-7-21(29)26-18-10-8-16(9-11-18)17-12-14-28(15-13-17)23(30)27-22-19(24)5-4-6-20(22)25/h1,4-6,8-11,17H,3,7,12-15H2,(H,26,29)(H,27,30). The first-order chi connectivity index (χ1) is 14.5. The maximum absolute atomic E-state index is 12.6. The van der Waals surface area contributed by atoms with E-state index in [0.29, 0.717) is 47.6 Å². The topological polar surface area (TPSA) is 61.4 Å². The number of anilines is 2. The molecule has 30 heavy (non-hydrogen) atoms. The monoisotopic (exact) mass is 443 g/mol. The zero-order valence-corrected chi connectivity index (χ0v) is 18.0. The summed E-state index contributed by atoms with van der Waals surface area (Å²) in [6.45, 7) is 1.28. The molecule has 3 amide bonds. The van der Waals surface area contributed by atoms with Crippen molar-refractivity contribution in [3.63, 3.8) is 0 Å². The van der Waals surface area contributed by atoms with Crippen molar-refractivity contribution in [3.05, 3.63) is 58.1 Å². The van der Waals surface area contributed by atoms with Crippen molar-refractivity contribution >= 4 is 46.5 Å². The Balaban J connectivity index is 1.52. The highest BCUT2D eigenvalue weighted by Crippen LogP contribution is 2.32. The Labute approximate surface area is 186 Å². The lowest BCUT2D eigenvalue weighted by Gasteiger charge is -2.32. The van der Waals surface area contributed by atoms with Gasteiger partial charge in [-0.05, 0) is 48.6 Å². The van der Waals surface area contributed by atoms with E-state index in [1.807, 2.05) is 24.3 Å². The summed E-state index contributed by atoms with van der Waals surface area (Å²) >= 11 is 12.3. The number of carbonyl (C=O) groups is 2. The van der Waals surface area contributed by atoms with Crippen LogP contribution in [0.4, 0.5) is 16.2 Å². The molecule has 5 nitrogen and oxygen atoms in total. The van der Waals surface area contributed by atoms with Crippen molar-refractivity contribution in [1.82, 2.24) is 4.90 Å². The molecule has 1 heterocycles. The van der Waals surface area contributed by atoms with Gasteiger partial charge in [0.25, 0.3) is 0 Å². The largest absolute Gasteiger partial charge is 0.326 e. The van der Waals surface area contributed by atoms with Crippen LogP contribution in [0.5, 0.6) is 0 Å². The van der Waals surface area contributed by atoms with Crippen molar-refractivity contribution in [2.75, 3.05) is 23.7 Å². The Bertz CT molecular complexity index is 926. The molecule has 7 heteroatoms. The van der Waals surface area contributed by atoms with Crippen LogP contribution in [0.15, 0.2) is 42.5 Å². The van der Waals surface area contributed by atoms with E-state index in [1.165, 1.54) is 5.56 Å². The number of carbonyl (C=O) groups excluding carboxylic acids is 2. The van der Waals surface area contributed by atoms with Gasteiger partial charge >= 0.3 is 6.03 Å². The van der Waals surface area contributed by atoms with Crippen molar-refractivity contribution in [1.29, 1.82) is 0 Å². The van der Waals surface area contributed by atoms with Gasteiger partial charge in [0.15, 0.2) is 0 Å².